The van der Waals surface area contributed by atoms with Crippen LogP contribution in [0, 0.1) is 5.92 Å². The highest BCUT2D eigenvalue weighted by Crippen LogP contribution is 2.29. The number of rotatable bonds is 5. The van der Waals surface area contributed by atoms with Crippen LogP contribution < -0.4 is 5.32 Å². The maximum absolute atomic E-state index is 11.7. The van der Waals surface area contributed by atoms with Gasteiger partial charge in [0.15, 0.2) is 0 Å². The summed E-state index contributed by atoms with van der Waals surface area (Å²) >= 11 is -0.000485. The van der Waals surface area contributed by atoms with Crippen LogP contribution in [0.4, 0.5) is 13.2 Å². The lowest BCUT2D eigenvalue weighted by Crippen LogP contribution is -2.36. The molecule has 1 aliphatic carbocycles. The number of nitrogens with one attached hydrogen (secondary N) is 1. The van der Waals surface area contributed by atoms with E-state index in [2.05, 4.69) is 5.32 Å². The van der Waals surface area contributed by atoms with Gasteiger partial charge in [0.05, 0.1) is 6.10 Å². The monoisotopic (exact) mass is 229 g/mol. The van der Waals surface area contributed by atoms with Gasteiger partial charge in [-0.2, -0.15) is 13.2 Å². The highest BCUT2D eigenvalue weighted by molar-refractivity contribution is 8.00. The zero-order valence-corrected chi connectivity index (χ0v) is 8.50. The molecule has 6 heteroatoms. The number of alkyl halides is 3. The van der Waals surface area contributed by atoms with Gasteiger partial charge < -0.3 is 10.4 Å². The van der Waals surface area contributed by atoms with E-state index in [9.17, 15) is 13.2 Å². The Balaban J connectivity index is 1.85. The van der Waals surface area contributed by atoms with Crippen LogP contribution in [-0.4, -0.2) is 35.6 Å². The number of aliphatic hydroxyl groups excluding tert-OH is 1. The third-order valence-electron chi connectivity index (χ3n) is 2.19. The Morgan fingerprint density at radius 1 is 1.36 bits per heavy atom. The zero-order valence-electron chi connectivity index (χ0n) is 7.68. The number of aliphatic hydroxyl groups is 1. The van der Waals surface area contributed by atoms with Gasteiger partial charge in [0.2, 0.25) is 0 Å². The molecule has 1 rings (SSSR count). The lowest BCUT2D eigenvalue weighted by Gasteiger charge is -2.31. The first-order valence-corrected chi connectivity index (χ1v) is 5.55. The fourth-order valence-electron chi connectivity index (χ4n) is 1.41. The first kappa shape index (κ1) is 12.1. The van der Waals surface area contributed by atoms with E-state index in [-0.39, 0.29) is 23.6 Å². The highest BCUT2D eigenvalue weighted by Gasteiger charge is 2.28. The summed E-state index contributed by atoms with van der Waals surface area (Å²) in [5.74, 6) is 0.500. The molecule has 1 saturated carbocycles. The maximum Gasteiger partial charge on any atom is 0.441 e. The van der Waals surface area contributed by atoms with Gasteiger partial charge in [0.25, 0.3) is 0 Å². The van der Waals surface area contributed by atoms with Gasteiger partial charge in [-0.25, -0.2) is 0 Å². The van der Waals surface area contributed by atoms with E-state index in [4.69, 9.17) is 5.11 Å². The average molecular weight is 229 g/mol. The van der Waals surface area contributed by atoms with Gasteiger partial charge >= 0.3 is 5.51 Å². The van der Waals surface area contributed by atoms with Crippen molar-refractivity contribution >= 4 is 11.8 Å². The normalized spacial score (nSPS) is 27.4. The Morgan fingerprint density at radius 2 is 2.00 bits per heavy atom. The molecule has 0 atom stereocenters. The summed E-state index contributed by atoms with van der Waals surface area (Å²) in [5.41, 5.74) is -4.12. The topological polar surface area (TPSA) is 32.3 Å². The van der Waals surface area contributed by atoms with Gasteiger partial charge in [-0.1, -0.05) is 0 Å². The van der Waals surface area contributed by atoms with Crippen molar-refractivity contribution in [2.45, 2.75) is 24.5 Å². The fraction of sp³-hybridized carbons (Fsp3) is 1.00. The van der Waals surface area contributed by atoms with Crippen molar-refractivity contribution in [2.24, 2.45) is 5.92 Å². The maximum atomic E-state index is 11.7. The second-order valence-corrected chi connectivity index (χ2v) is 4.65. The van der Waals surface area contributed by atoms with Crippen molar-refractivity contribution in [3.8, 4) is 0 Å². The van der Waals surface area contributed by atoms with Gasteiger partial charge in [-0.15, -0.1) is 0 Å². The molecule has 0 spiro atoms. The van der Waals surface area contributed by atoms with E-state index in [1.165, 1.54) is 0 Å². The fourth-order valence-corrected chi connectivity index (χ4v) is 1.89. The van der Waals surface area contributed by atoms with Gasteiger partial charge in [0, 0.05) is 12.3 Å². The van der Waals surface area contributed by atoms with Crippen molar-refractivity contribution in [3.05, 3.63) is 0 Å². The minimum Gasteiger partial charge on any atom is -0.393 e. The second kappa shape index (κ2) is 5.23. The molecule has 0 saturated heterocycles. The Bertz CT molecular complexity index is 170. The van der Waals surface area contributed by atoms with Crippen molar-refractivity contribution in [3.63, 3.8) is 0 Å². The molecule has 0 heterocycles. The molecule has 1 fully saturated rings. The minimum atomic E-state index is -4.12. The molecule has 0 bridgehead atoms. The van der Waals surface area contributed by atoms with Crippen LogP contribution in [0.25, 0.3) is 0 Å². The van der Waals surface area contributed by atoms with Crippen molar-refractivity contribution < 1.29 is 18.3 Å². The summed E-state index contributed by atoms with van der Waals surface area (Å²) < 4.78 is 35.0. The molecule has 0 unspecified atom stereocenters. The van der Waals surface area contributed by atoms with Crippen LogP contribution in [-0.2, 0) is 0 Å². The number of hydrogen-bond donors (Lipinski definition) is 2. The van der Waals surface area contributed by atoms with E-state index in [0.717, 1.165) is 19.4 Å². The highest BCUT2D eigenvalue weighted by atomic mass is 32.2. The summed E-state index contributed by atoms with van der Waals surface area (Å²) in [6, 6.07) is 0. The van der Waals surface area contributed by atoms with E-state index in [0.29, 0.717) is 12.5 Å². The second-order valence-electron chi connectivity index (χ2n) is 3.49. The Morgan fingerprint density at radius 3 is 2.50 bits per heavy atom. The van der Waals surface area contributed by atoms with Crippen LogP contribution in [0.5, 0.6) is 0 Å². The van der Waals surface area contributed by atoms with Crippen molar-refractivity contribution in [1.29, 1.82) is 0 Å². The molecular formula is C8H14F3NOS. The van der Waals surface area contributed by atoms with Crippen molar-refractivity contribution in [2.75, 3.05) is 18.8 Å². The number of thioether (sulfide) groups is 1. The van der Waals surface area contributed by atoms with E-state index < -0.39 is 5.51 Å². The molecule has 0 aromatic heterocycles. The summed E-state index contributed by atoms with van der Waals surface area (Å²) in [6.07, 6.45) is 1.37. The van der Waals surface area contributed by atoms with E-state index in [1.807, 2.05) is 0 Å². The molecule has 2 nitrogen and oxygen atoms in total. The SMILES string of the molecule is OC1CC(CNCCSC(F)(F)F)C1. The minimum absolute atomic E-state index is 0.000485. The molecule has 2 N–H and O–H groups in total. The quantitative estimate of drug-likeness (QED) is 0.702. The zero-order chi connectivity index (χ0) is 10.6. The lowest BCUT2D eigenvalue weighted by atomic mass is 9.82. The third-order valence-corrected chi connectivity index (χ3v) is 2.92. The molecule has 0 radical (unpaired) electrons. The predicted octanol–water partition coefficient (Wildman–Crippen LogP) is 1.60. The summed E-state index contributed by atoms with van der Waals surface area (Å²) in [6.45, 7) is 1.09. The molecule has 0 aliphatic heterocycles. The summed E-state index contributed by atoms with van der Waals surface area (Å²) in [7, 11) is 0. The standard InChI is InChI=1S/C8H14F3NOS/c9-8(10,11)14-2-1-12-5-6-3-7(13)4-6/h6-7,12-13H,1-5H2. The van der Waals surface area contributed by atoms with Crippen LogP contribution in [0.2, 0.25) is 0 Å². The predicted molar refractivity (Wildman–Crippen MR) is 50.1 cm³/mol. The van der Waals surface area contributed by atoms with Gasteiger partial charge in [-0.05, 0) is 37.1 Å². The van der Waals surface area contributed by atoms with Crippen LogP contribution in [0.3, 0.4) is 0 Å². The van der Waals surface area contributed by atoms with Crippen LogP contribution >= 0.6 is 11.8 Å². The molecule has 14 heavy (non-hydrogen) atoms. The average Bonchev–Trinajstić information content (AvgIpc) is 1.98. The third kappa shape index (κ3) is 5.07. The van der Waals surface area contributed by atoms with E-state index >= 15 is 0 Å². The Labute approximate surface area is 85.3 Å². The molecular weight excluding hydrogens is 215 g/mol. The van der Waals surface area contributed by atoms with Gasteiger partial charge in [-0.3, -0.25) is 0 Å². The van der Waals surface area contributed by atoms with Crippen LogP contribution in [0.15, 0.2) is 0 Å². The van der Waals surface area contributed by atoms with Crippen molar-refractivity contribution in [1.82, 2.24) is 5.32 Å². The molecule has 0 aromatic rings. The van der Waals surface area contributed by atoms with E-state index in [1.54, 1.807) is 0 Å². The van der Waals surface area contributed by atoms with Gasteiger partial charge in [0.1, 0.15) is 0 Å². The first-order chi connectivity index (χ1) is 6.47. The first-order valence-electron chi connectivity index (χ1n) is 4.57. The van der Waals surface area contributed by atoms with Crippen LogP contribution in [0.1, 0.15) is 12.8 Å². The summed E-state index contributed by atoms with van der Waals surface area (Å²) in [4.78, 5) is 0. The Kier molecular flexibility index (Phi) is 4.53. The smallest absolute Gasteiger partial charge is 0.393 e. The molecule has 84 valence electrons. The number of halogens is 3. The number of hydrogen-bond acceptors (Lipinski definition) is 3. The largest absolute Gasteiger partial charge is 0.441 e. The molecule has 1 aliphatic rings. The summed E-state index contributed by atoms with van der Waals surface area (Å²) in [5, 5.41) is 11.9. The molecule has 0 aromatic carbocycles. The lowest BCUT2D eigenvalue weighted by molar-refractivity contribution is -0.0327. The Hall–Kier alpha value is 0.0600. The molecule has 0 amide bonds.